The molecule has 0 spiro atoms. The van der Waals surface area contributed by atoms with Gasteiger partial charge in [0.15, 0.2) is 0 Å². The standard InChI is InChI=1S/C17H21N3O3.ClH/c18-8-2-1-3-11-4-5-13-12(9-11)10-20(17(13)23)14-6-7-15(21)19-16(14)22;/h4-5,9,14H,1-3,6-8,10,18H2,(H,19,21,22);1H. The third kappa shape index (κ3) is 3.60. The SMILES string of the molecule is Cl.NCCCCc1ccc2c(c1)CN(C1CCC(=O)NC1=O)C2=O. The molecule has 130 valence electrons. The van der Waals surface area contributed by atoms with Crippen LogP contribution >= 0.6 is 12.4 Å². The number of amides is 3. The summed E-state index contributed by atoms with van der Waals surface area (Å²) < 4.78 is 0. The molecule has 0 saturated carbocycles. The second kappa shape index (κ2) is 7.77. The topological polar surface area (TPSA) is 92.5 Å². The predicted octanol–water partition coefficient (Wildman–Crippen LogP) is 1.15. The maximum atomic E-state index is 12.5. The first kappa shape index (κ1) is 18.4. The van der Waals surface area contributed by atoms with E-state index in [1.54, 1.807) is 4.90 Å². The molecule has 2 aliphatic heterocycles. The number of halogens is 1. The highest BCUT2D eigenvalue weighted by molar-refractivity contribution is 6.05. The smallest absolute Gasteiger partial charge is 0.255 e. The van der Waals surface area contributed by atoms with Gasteiger partial charge in [-0.3, -0.25) is 19.7 Å². The largest absolute Gasteiger partial charge is 0.330 e. The molecule has 2 heterocycles. The van der Waals surface area contributed by atoms with E-state index in [-0.39, 0.29) is 36.5 Å². The summed E-state index contributed by atoms with van der Waals surface area (Å²) in [6, 6.07) is 5.33. The van der Waals surface area contributed by atoms with Gasteiger partial charge in [0.05, 0.1) is 0 Å². The predicted molar refractivity (Wildman–Crippen MR) is 91.7 cm³/mol. The monoisotopic (exact) mass is 351 g/mol. The maximum absolute atomic E-state index is 12.5. The van der Waals surface area contributed by atoms with E-state index in [4.69, 9.17) is 5.73 Å². The summed E-state index contributed by atoms with van der Waals surface area (Å²) in [5.74, 6) is -0.758. The van der Waals surface area contributed by atoms with Crippen LogP contribution in [0.3, 0.4) is 0 Å². The van der Waals surface area contributed by atoms with Crippen LogP contribution in [0.15, 0.2) is 18.2 Å². The van der Waals surface area contributed by atoms with E-state index in [0.717, 1.165) is 24.8 Å². The van der Waals surface area contributed by atoms with Crippen LogP contribution in [0.4, 0.5) is 0 Å². The van der Waals surface area contributed by atoms with Crippen molar-refractivity contribution < 1.29 is 14.4 Å². The highest BCUT2D eigenvalue weighted by Crippen LogP contribution is 2.28. The molecule has 3 N–H and O–H groups in total. The number of carbonyl (C=O) groups excluding carboxylic acids is 3. The molecule has 6 nitrogen and oxygen atoms in total. The van der Waals surface area contributed by atoms with Crippen LogP contribution in [-0.2, 0) is 22.6 Å². The molecule has 0 aliphatic carbocycles. The summed E-state index contributed by atoms with van der Waals surface area (Å²) in [5, 5.41) is 2.32. The number of carbonyl (C=O) groups is 3. The molecular weight excluding hydrogens is 330 g/mol. The Morgan fingerprint density at radius 2 is 2.00 bits per heavy atom. The van der Waals surface area contributed by atoms with E-state index in [2.05, 4.69) is 11.4 Å². The molecule has 1 saturated heterocycles. The normalized spacial score (nSPS) is 19.8. The van der Waals surface area contributed by atoms with Crippen LogP contribution in [0, 0.1) is 0 Å². The fourth-order valence-corrected chi connectivity index (χ4v) is 3.26. The quantitative estimate of drug-likeness (QED) is 0.615. The second-order valence-electron chi connectivity index (χ2n) is 6.14. The lowest BCUT2D eigenvalue weighted by atomic mass is 10.0. The van der Waals surface area contributed by atoms with Crippen molar-refractivity contribution in [1.82, 2.24) is 10.2 Å². The summed E-state index contributed by atoms with van der Waals surface area (Å²) in [5.41, 5.74) is 8.33. The highest BCUT2D eigenvalue weighted by Gasteiger charge is 2.38. The fourth-order valence-electron chi connectivity index (χ4n) is 3.26. The van der Waals surface area contributed by atoms with E-state index < -0.39 is 6.04 Å². The molecule has 2 aliphatic rings. The van der Waals surface area contributed by atoms with Gasteiger partial charge in [-0.15, -0.1) is 12.4 Å². The molecule has 0 bridgehead atoms. The molecule has 1 atom stereocenters. The van der Waals surface area contributed by atoms with Crippen LogP contribution in [0.1, 0.15) is 47.2 Å². The third-order valence-corrected chi connectivity index (χ3v) is 4.51. The Morgan fingerprint density at radius 1 is 1.21 bits per heavy atom. The third-order valence-electron chi connectivity index (χ3n) is 4.51. The van der Waals surface area contributed by atoms with Crippen molar-refractivity contribution in [2.24, 2.45) is 5.73 Å². The molecule has 24 heavy (non-hydrogen) atoms. The Hall–Kier alpha value is -1.92. The van der Waals surface area contributed by atoms with E-state index in [9.17, 15) is 14.4 Å². The number of benzene rings is 1. The number of hydrogen-bond acceptors (Lipinski definition) is 4. The van der Waals surface area contributed by atoms with Gasteiger partial charge in [0.25, 0.3) is 5.91 Å². The number of piperidine rings is 1. The molecule has 1 unspecified atom stereocenters. The second-order valence-corrected chi connectivity index (χ2v) is 6.14. The van der Waals surface area contributed by atoms with Crippen LogP contribution in [-0.4, -0.2) is 35.2 Å². The van der Waals surface area contributed by atoms with Gasteiger partial charge in [0.2, 0.25) is 11.8 Å². The Bertz CT molecular complexity index is 662. The lowest BCUT2D eigenvalue weighted by molar-refractivity contribution is -0.136. The Morgan fingerprint density at radius 3 is 2.71 bits per heavy atom. The van der Waals surface area contributed by atoms with Crippen molar-refractivity contribution >= 4 is 30.1 Å². The summed E-state index contributed by atoms with van der Waals surface area (Å²) in [7, 11) is 0. The molecule has 1 fully saturated rings. The molecule has 0 radical (unpaired) electrons. The van der Waals surface area contributed by atoms with Gasteiger partial charge in [-0.25, -0.2) is 0 Å². The number of hydrogen-bond donors (Lipinski definition) is 2. The first-order valence-corrected chi connectivity index (χ1v) is 8.06. The molecule has 1 aromatic rings. The van der Waals surface area contributed by atoms with Gasteiger partial charge in [0, 0.05) is 18.5 Å². The number of aryl methyl sites for hydroxylation is 1. The van der Waals surface area contributed by atoms with Crippen molar-refractivity contribution in [3.63, 3.8) is 0 Å². The number of nitrogens with one attached hydrogen (secondary N) is 1. The zero-order chi connectivity index (χ0) is 16.4. The molecule has 3 rings (SSSR count). The number of unbranched alkanes of at least 4 members (excludes halogenated alkanes) is 1. The molecule has 1 aromatic carbocycles. The molecule has 7 heteroatoms. The van der Waals surface area contributed by atoms with Gasteiger partial charge < -0.3 is 10.6 Å². The Balaban J connectivity index is 0.00000208. The number of imide groups is 1. The van der Waals surface area contributed by atoms with Gasteiger partial charge in [0.1, 0.15) is 6.04 Å². The number of fused-ring (bicyclic) bond motifs is 1. The van der Waals surface area contributed by atoms with Gasteiger partial charge in [-0.1, -0.05) is 12.1 Å². The summed E-state index contributed by atoms with van der Waals surface area (Å²) in [4.78, 5) is 37.4. The van der Waals surface area contributed by atoms with E-state index >= 15 is 0 Å². The van der Waals surface area contributed by atoms with Crippen molar-refractivity contribution in [3.05, 3.63) is 34.9 Å². The number of rotatable bonds is 5. The van der Waals surface area contributed by atoms with Crippen LogP contribution in [0.25, 0.3) is 0 Å². The summed E-state index contributed by atoms with van der Waals surface area (Å²) in [6.07, 6.45) is 3.63. The summed E-state index contributed by atoms with van der Waals surface area (Å²) in [6.45, 7) is 1.12. The van der Waals surface area contributed by atoms with Gasteiger partial charge in [-0.2, -0.15) is 0 Å². The zero-order valence-corrected chi connectivity index (χ0v) is 14.2. The lowest BCUT2D eigenvalue weighted by Gasteiger charge is -2.29. The van der Waals surface area contributed by atoms with Crippen molar-refractivity contribution in [3.8, 4) is 0 Å². The van der Waals surface area contributed by atoms with Crippen LogP contribution in [0.5, 0.6) is 0 Å². The molecule has 3 amide bonds. The first-order valence-electron chi connectivity index (χ1n) is 8.06. The van der Waals surface area contributed by atoms with Gasteiger partial charge in [-0.05, 0) is 49.4 Å². The number of nitrogens with zero attached hydrogens (tertiary/aromatic N) is 1. The van der Waals surface area contributed by atoms with E-state index in [0.29, 0.717) is 25.1 Å². The minimum Gasteiger partial charge on any atom is -0.330 e. The van der Waals surface area contributed by atoms with E-state index in [1.807, 2.05) is 12.1 Å². The Kier molecular flexibility index (Phi) is 5.96. The van der Waals surface area contributed by atoms with Crippen molar-refractivity contribution in [2.75, 3.05) is 6.54 Å². The average molecular weight is 352 g/mol. The van der Waals surface area contributed by atoms with Crippen molar-refractivity contribution in [2.45, 2.75) is 44.7 Å². The maximum Gasteiger partial charge on any atom is 0.255 e. The van der Waals surface area contributed by atoms with E-state index in [1.165, 1.54) is 5.56 Å². The fraction of sp³-hybridized carbons (Fsp3) is 0.471. The first-order chi connectivity index (χ1) is 11.1. The highest BCUT2D eigenvalue weighted by atomic mass is 35.5. The van der Waals surface area contributed by atoms with Crippen LogP contribution in [0.2, 0.25) is 0 Å². The zero-order valence-electron chi connectivity index (χ0n) is 13.4. The molecule has 0 aromatic heterocycles. The van der Waals surface area contributed by atoms with Gasteiger partial charge >= 0.3 is 0 Å². The van der Waals surface area contributed by atoms with Crippen molar-refractivity contribution in [1.29, 1.82) is 0 Å². The number of nitrogens with two attached hydrogens (primary N) is 1. The lowest BCUT2D eigenvalue weighted by Crippen LogP contribution is -2.52. The summed E-state index contributed by atoms with van der Waals surface area (Å²) >= 11 is 0. The minimum atomic E-state index is -0.548. The average Bonchev–Trinajstić information content (AvgIpc) is 2.84. The molecular formula is C17H22ClN3O3. The Labute approximate surface area is 147 Å². The van der Waals surface area contributed by atoms with Crippen LogP contribution < -0.4 is 11.1 Å². The minimum absolute atomic E-state index is 0.